The summed E-state index contributed by atoms with van der Waals surface area (Å²) in [6.07, 6.45) is 2.12. The normalized spacial score (nSPS) is 11.7. The smallest absolute Gasteiger partial charge is 0.0992 e. The van der Waals surface area contributed by atoms with Crippen LogP contribution in [-0.2, 0) is 6.42 Å². The fraction of sp³-hybridized carbons (Fsp3) is 0.278. The summed E-state index contributed by atoms with van der Waals surface area (Å²) in [5, 5.41) is 12.4. The first-order valence-electron chi connectivity index (χ1n) is 7.10. The van der Waals surface area contributed by atoms with Crippen LogP contribution in [0.1, 0.15) is 30.0 Å². The van der Waals surface area contributed by atoms with Gasteiger partial charge in [-0.1, -0.05) is 29.8 Å². The topological polar surface area (TPSA) is 35.8 Å². The average Bonchev–Trinajstić information content (AvgIpc) is 2.47. The molecular weight excluding hydrogens is 324 g/mol. The molecule has 0 aromatic heterocycles. The standard InChI is InChI=1S/C18H19BrN2/c1-13-4-3-5-15(10-13)7-6-14(2)21-18-9-8-16(12-20)11-17(18)19/h3-5,8-11,14,21H,6-7H2,1-2H3. The second-order valence-electron chi connectivity index (χ2n) is 5.38. The Kier molecular flexibility index (Phi) is 5.41. The quantitative estimate of drug-likeness (QED) is 0.823. The Morgan fingerprint density at radius 2 is 2.05 bits per heavy atom. The van der Waals surface area contributed by atoms with Gasteiger partial charge in [-0.3, -0.25) is 0 Å². The van der Waals surface area contributed by atoms with Crippen LogP contribution in [0.3, 0.4) is 0 Å². The van der Waals surface area contributed by atoms with Crippen LogP contribution in [0.15, 0.2) is 46.9 Å². The maximum Gasteiger partial charge on any atom is 0.0992 e. The predicted molar refractivity (Wildman–Crippen MR) is 91.4 cm³/mol. The van der Waals surface area contributed by atoms with Gasteiger partial charge in [0.1, 0.15) is 0 Å². The van der Waals surface area contributed by atoms with E-state index in [-0.39, 0.29) is 0 Å². The predicted octanol–water partition coefficient (Wildman–Crippen LogP) is 5.06. The Hall–Kier alpha value is -1.79. The van der Waals surface area contributed by atoms with Crippen molar-refractivity contribution < 1.29 is 0 Å². The minimum absolute atomic E-state index is 0.370. The number of anilines is 1. The minimum Gasteiger partial charge on any atom is -0.382 e. The number of nitrogens with one attached hydrogen (secondary N) is 1. The minimum atomic E-state index is 0.370. The van der Waals surface area contributed by atoms with Crippen molar-refractivity contribution in [2.45, 2.75) is 32.7 Å². The van der Waals surface area contributed by atoms with E-state index in [1.165, 1.54) is 11.1 Å². The highest BCUT2D eigenvalue weighted by molar-refractivity contribution is 9.10. The molecule has 1 atom stereocenters. The molecule has 0 amide bonds. The molecule has 108 valence electrons. The first-order valence-corrected chi connectivity index (χ1v) is 7.89. The van der Waals surface area contributed by atoms with Gasteiger partial charge in [0.25, 0.3) is 0 Å². The fourth-order valence-electron chi connectivity index (χ4n) is 2.29. The highest BCUT2D eigenvalue weighted by atomic mass is 79.9. The number of halogens is 1. The molecule has 2 aromatic rings. The maximum atomic E-state index is 8.88. The zero-order chi connectivity index (χ0) is 15.2. The van der Waals surface area contributed by atoms with Crippen molar-refractivity contribution in [1.29, 1.82) is 5.26 Å². The third-order valence-corrected chi connectivity index (χ3v) is 4.10. The highest BCUT2D eigenvalue weighted by Gasteiger charge is 2.06. The molecule has 0 aliphatic carbocycles. The average molecular weight is 343 g/mol. The number of rotatable bonds is 5. The lowest BCUT2D eigenvalue weighted by Gasteiger charge is -2.16. The Bertz CT molecular complexity index is 659. The molecular formula is C18H19BrN2. The molecule has 0 bridgehead atoms. The van der Waals surface area contributed by atoms with Gasteiger partial charge in [0.15, 0.2) is 0 Å². The van der Waals surface area contributed by atoms with Crippen molar-refractivity contribution >= 4 is 21.6 Å². The third kappa shape index (κ3) is 4.61. The van der Waals surface area contributed by atoms with Gasteiger partial charge < -0.3 is 5.32 Å². The Balaban J connectivity index is 1.93. The van der Waals surface area contributed by atoms with E-state index in [9.17, 15) is 0 Å². The van der Waals surface area contributed by atoms with Crippen LogP contribution in [0.2, 0.25) is 0 Å². The van der Waals surface area contributed by atoms with Crippen LogP contribution in [0, 0.1) is 18.3 Å². The van der Waals surface area contributed by atoms with E-state index in [0.717, 1.165) is 23.0 Å². The summed E-state index contributed by atoms with van der Waals surface area (Å²) in [7, 11) is 0. The third-order valence-electron chi connectivity index (χ3n) is 3.45. The number of hydrogen-bond donors (Lipinski definition) is 1. The van der Waals surface area contributed by atoms with Crippen LogP contribution in [0.25, 0.3) is 0 Å². The molecule has 2 rings (SSSR count). The molecule has 0 spiro atoms. The molecule has 0 heterocycles. The van der Waals surface area contributed by atoms with E-state index in [2.05, 4.69) is 65.4 Å². The van der Waals surface area contributed by atoms with Gasteiger partial charge in [-0.15, -0.1) is 0 Å². The lowest BCUT2D eigenvalue weighted by molar-refractivity contribution is 0.705. The monoisotopic (exact) mass is 342 g/mol. The SMILES string of the molecule is Cc1cccc(CCC(C)Nc2ccc(C#N)cc2Br)c1. The molecule has 3 heteroatoms. The van der Waals surface area contributed by atoms with Crippen molar-refractivity contribution in [3.05, 3.63) is 63.6 Å². The van der Waals surface area contributed by atoms with Crippen LogP contribution < -0.4 is 5.32 Å². The van der Waals surface area contributed by atoms with Crippen LogP contribution in [-0.4, -0.2) is 6.04 Å². The maximum absolute atomic E-state index is 8.88. The molecule has 1 N–H and O–H groups in total. The lowest BCUT2D eigenvalue weighted by atomic mass is 10.0. The summed E-state index contributed by atoms with van der Waals surface area (Å²) in [6.45, 7) is 4.31. The molecule has 21 heavy (non-hydrogen) atoms. The van der Waals surface area contributed by atoms with E-state index in [1.807, 2.05) is 18.2 Å². The van der Waals surface area contributed by atoms with E-state index in [1.54, 1.807) is 0 Å². The Morgan fingerprint density at radius 1 is 1.24 bits per heavy atom. The number of nitriles is 1. The van der Waals surface area contributed by atoms with Crippen molar-refractivity contribution in [3.8, 4) is 6.07 Å². The van der Waals surface area contributed by atoms with Crippen LogP contribution in [0.4, 0.5) is 5.69 Å². The van der Waals surface area contributed by atoms with E-state index in [0.29, 0.717) is 11.6 Å². The lowest BCUT2D eigenvalue weighted by Crippen LogP contribution is -2.16. The zero-order valence-corrected chi connectivity index (χ0v) is 13.9. The van der Waals surface area contributed by atoms with Crippen molar-refractivity contribution in [3.63, 3.8) is 0 Å². The Labute approximate surface area is 134 Å². The number of aryl methyl sites for hydroxylation is 2. The van der Waals surface area contributed by atoms with Crippen LogP contribution >= 0.6 is 15.9 Å². The molecule has 1 unspecified atom stereocenters. The highest BCUT2D eigenvalue weighted by Crippen LogP contribution is 2.24. The molecule has 0 saturated heterocycles. The fourth-order valence-corrected chi connectivity index (χ4v) is 2.78. The van der Waals surface area contributed by atoms with Gasteiger partial charge in [-0.05, 0) is 66.4 Å². The largest absolute Gasteiger partial charge is 0.382 e. The summed E-state index contributed by atoms with van der Waals surface area (Å²) in [5.74, 6) is 0. The van der Waals surface area contributed by atoms with E-state index in [4.69, 9.17) is 5.26 Å². The number of nitrogens with zero attached hydrogens (tertiary/aromatic N) is 1. The first kappa shape index (κ1) is 15.6. The second-order valence-corrected chi connectivity index (χ2v) is 6.23. The van der Waals surface area contributed by atoms with Gasteiger partial charge in [0.05, 0.1) is 11.6 Å². The molecule has 2 nitrogen and oxygen atoms in total. The van der Waals surface area contributed by atoms with Gasteiger partial charge >= 0.3 is 0 Å². The molecule has 2 aromatic carbocycles. The summed E-state index contributed by atoms with van der Waals surface area (Å²) >= 11 is 3.51. The van der Waals surface area contributed by atoms with Crippen molar-refractivity contribution in [1.82, 2.24) is 0 Å². The molecule has 0 fully saturated rings. The Morgan fingerprint density at radius 3 is 2.71 bits per heavy atom. The van der Waals surface area contributed by atoms with Crippen molar-refractivity contribution in [2.75, 3.05) is 5.32 Å². The summed E-state index contributed by atoms with van der Waals surface area (Å²) < 4.78 is 0.934. The summed E-state index contributed by atoms with van der Waals surface area (Å²) in [6, 6.07) is 16.8. The van der Waals surface area contributed by atoms with Gasteiger partial charge in [0, 0.05) is 16.2 Å². The number of benzene rings is 2. The summed E-state index contributed by atoms with van der Waals surface area (Å²) in [4.78, 5) is 0. The molecule has 0 radical (unpaired) electrons. The van der Waals surface area contributed by atoms with Gasteiger partial charge in [-0.25, -0.2) is 0 Å². The zero-order valence-electron chi connectivity index (χ0n) is 12.4. The first-order chi connectivity index (χ1) is 10.1. The van der Waals surface area contributed by atoms with E-state index < -0.39 is 0 Å². The van der Waals surface area contributed by atoms with Crippen molar-refractivity contribution in [2.24, 2.45) is 0 Å². The molecule has 0 aliphatic rings. The van der Waals surface area contributed by atoms with Gasteiger partial charge in [0.2, 0.25) is 0 Å². The molecule has 0 saturated carbocycles. The van der Waals surface area contributed by atoms with Gasteiger partial charge in [-0.2, -0.15) is 5.26 Å². The second kappa shape index (κ2) is 7.28. The van der Waals surface area contributed by atoms with E-state index >= 15 is 0 Å². The summed E-state index contributed by atoms with van der Waals surface area (Å²) in [5.41, 5.74) is 4.39. The van der Waals surface area contributed by atoms with Crippen LogP contribution in [0.5, 0.6) is 0 Å². The number of hydrogen-bond acceptors (Lipinski definition) is 2. The molecule has 0 aliphatic heterocycles.